The van der Waals surface area contributed by atoms with E-state index in [0.29, 0.717) is 11.3 Å². The average Bonchev–Trinajstić information content (AvgIpc) is 2.49. The molecule has 2 aromatic rings. The molecule has 2 rings (SSSR count). The largest absolute Gasteiger partial charge is 0.489 e. The minimum absolute atomic E-state index is 0.122. The van der Waals surface area contributed by atoms with Gasteiger partial charge in [0.05, 0.1) is 6.21 Å². The molecule has 0 saturated carbocycles. The number of benzene rings is 2. The molecule has 0 bridgehead atoms. The molecule has 7 heteroatoms. The number of guanidine groups is 1. The van der Waals surface area contributed by atoms with Crippen molar-refractivity contribution in [3.8, 4) is 5.75 Å². The van der Waals surface area contributed by atoms with Crippen LogP contribution in [0, 0.1) is 11.6 Å². The van der Waals surface area contributed by atoms with E-state index in [-0.39, 0.29) is 12.6 Å². The zero-order valence-electron chi connectivity index (χ0n) is 11.5. The molecule has 0 atom stereocenters. The molecule has 0 radical (unpaired) electrons. The van der Waals surface area contributed by atoms with Crippen LogP contribution in [0.4, 0.5) is 8.78 Å². The van der Waals surface area contributed by atoms with E-state index in [1.165, 1.54) is 12.3 Å². The zero-order chi connectivity index (χ0) is 15.9. The Bertz CT molecular complexity index is 695. The first-order valence-electron chi connectivity index (χ1n) is 6.33. The second-order valence-electron chi connectivity index (χ2n) is 4.38. The predicted molar refractivity (Wildman–Crippen MR) is 80.5 cm³/mol. The number of halogens is 2. The smallest absolute Gasteiger partial charge is 0.211 e. The third-order valence-electron chi connectivity index (χ3n) is 2.65. The summed E-state index contributed by atoms with van der Waals surface area (Å²) in [6, 6.07) is 10.6. The fraction of sp³-hybridized carbons (Fsp3) is 0.0667. The van der Waals surface area contributed by atoms with Gasteiger partial charge in [0, 0.05) is 0 Å². The van der Waals surface area contributed by atoms with E-state index in [1.54, 1.807) is 24.3 Å². The Labute approximate surface area is 125 Å². The third-order valence-corrected chi connectivity index (χ3v) is 2.65. The molecule has 0 heterocycles. The SMILES string of the molecule is NC(N)=NN=Cc1ccc(OCc2ccc(F)c(F)c2)cc1. The van der Waals surface area contributed by atoms with Crippen LogP contribution < -0.4 is 16.2 Å². The van der Waals surface area contributed by atoms with Crippen molar-refractivity contribution < 1.29 is 13.5 Å². The molecule has 114 valence electrons. The van der Waals surface area contributed by atoms with Gasteiger partial charge in [-0.15, -0.1) is 5.10 Å². The van der Waals surface area contributed by atoms with Gasteiger partial charge >= 0.3 is 0 Å². The molecule has 2 aromatic carbocycles. The van der Waals surface area contributed by atoms with Gasteiger partial charge in [0.1, 0.15) is 12.4 Å². The Kier molecular flexibility index (Phi) is 5.02. The zero-order valence-corrected chi connectivity index (χ0v) is 11.5. The number of rotatable bonds is 5. The highest BCUT2D eigenvalue weighted by Crippen LogP contribution is 2.15. The molecule has 0 aromatic heterocycles. The van der Waals surface area contributed by atoms with Gasteiger partial charge in [-0.05, 0) is 47.5 Å². The molecule has 0 spiro atoms. The summed E-state index contributed by atoms with van der Waals surface area (Å²) in [5.41, 5.74) is 11.6. The number of nitrogens with zero attached hydrogens (tertiary/aromatic N) is 2. The van der Waals surface area contributed by atoms with E-state index in [2.05, 4.69) is 10.2 Å². The van der Waals surface area contributed by atoms with Crippen LogP contribution in [0.25, 0.3) is 0 Å². The Morgan fingerprint density at radius 2 is 1.77 bits per heavy atom. The van der Waals surface area contributed by atoms with Crippen LogP contribution >= 0.6 is 0 Å². The summed E-state index contributed by atoms with van der Waals surface area (Å²) in [5, 5.41) is 7.16. The second kappa shape index (κ2) is 7.16. The first-order chi connectivity index (χ1) is 10.5. The van der Waals surface area contributed by atoms with Gasteiger partial charge in [0.2, 0.25) is 5.96 Å². The van der Waals surface area contributed by atoms with Crippen LogP contribution in [0.1, 0.15) is 11.1 Å². The van der Waals surface area contributed by atoms with Crippen LogP contribution in [-0.4, -0.2) is 12.2 Å². The van der Waals surface area contributed by atoms with Crippen LogP contribution in [0.2, 0.25) is 0 Å². The molecule has 0 fully saturated rings. The van der Waals surface area contributed by atoms with Crippen molar-refractivity contribution in [3.05, 3.63) is 65.2 Å². The maximum absolute atomic E-state index is 13.1. The highest BCUT2D eigenvalue weighted by molar-refractivity contribution is 5.81. The lowest BCUT2D eigenvalue weighted by atomic mass is 10.2. The summed E-state index contributed by atoms with van der Waals surface area (Å²) in [7, 11) is 0. The standard InChI is InChI=1S/C15H14F2N4O/c16-13-6-3-11(7-14(13)17)9-22-12-4-1-10(2-5-12)8-20-21-15(18)19/h1-8H,9H2,(H4,18,19,21). The van der Waals surface area contributed by atoms with Crippen LogP contribution in [0.3, 0.4) is 0 Å². The van der Waals surface area contributed by atoms with Crippen molar-refractivity contribution in [1.82, 2.24) is 0 Å². The molecule has 0 saturated heterocycles. The van der Waals surface area contributed by atoms with E-state index in [0.717, 1.165) is 17.7 Å². The summed E-state index contributed by atoms with van der Waals surface area (Å²) in [4.78, 5) is 0. The lowest BCUT2D eigenvalue weighted by Gasteiger charge is -2.06. The summed E-state index contributed by atoms with van der Waals surface area (Å²) >= 11 is 0. The highest BCUT2D eigenvalue weighted by Gasteiger charge is 2.03. The van der Waals surface area contributed by atoms with Gasteiger partial charge in [-0.25, -0.2) is 8.78 Å². The molecule has 0 aliphatic heterocycles. The van der Waals surface area contributed by atoms with E-state index in [4.69, 9.17) is 16.2 Å². The summed E-state index contributed by atoms with van der Waals surface area (Å²) in [6.07, 6.45) is 1.48. The normalized spacial score (nSPS) is 10.6. The third kappa shape index (κ3) is 4.55. The van der Waals surface area contributed by atoms with Crippen molar-refractivity contribution in [2.75, 3.05) is 0 Å². The Morgan fingerprint density at radius 1 is 1.05 bits per heavy atom. The Morgan fingerprint density at radius 3 is 2.41 bits per heavy atom. The van der Waals surface area contributed by atoms with Gasteiger partial charge in [-0.2, -0.15) is 5.10 Å². The van der Waals surface area contributed by atoms with Crippen molar-refractivity contribution in [2.24, 2.45) is 21.7 Å². The topological polar surface area (TPSA) is 86.0 Å². The van der Waals surface area contributed by atoms with Gasteiger partial charge in [0.15, 0.2) is 11.6 Å². The molecular weight excluding hydrogens is 290 g/mol. The first kappa shape index (κ1) is 15.4. The van der Waals surface area contributed by atoms with Crippen molar-refractivity contribution in [1.29, 1.82) is 0 Å². The van der Waals surface area contributed by atoms with E-state index < -0.39 is 11.6 Å². The van der Waals surface area contributed by atoms with Crippen molar-refractivity contribution in [3.63, 3.8) is 0 Å². The Hall–Kier alpha value is -2.96. The Balaban J connectivity index is 1.95. The minimum Gasteiger partial charge on any atom is -0.489 e. The number of ether oxygens (including phenoxy) is 1. The summed E-state index contributed by atoms with van der Waals surface area (Å²) in [5.74, 6) is -1.31. The molecular formula is C15H14F2N4O. The second-order valence-corrected chi connectivity index (χ2v) is 4.38. The fourth-order valence-corrected chi connectivity index (χ4v) is 1.61. The number of hydrogen-bond acceptors (Lipinski definition) is 3. The van der Waals surface area contributed by atoms with Gasteiger partial charge in [-0.3, -0.25) is 0 Å². The lowest BCUT2D eigenvalue weighted by Crippen LogP contribution is -2.21. The van der Waals surface area contributed by atoms with Gasteiger partial charge in [-0.1, -0.05) is 6.07 Å². The highest BCUT2D eigenvalue weighted by atomic mass is 19.2. The molecule has 22 heavy (non-hydrogen) atoms. The molecule has 5 nitrogen and oxygen atoms in total. The quantitative estimate of drug-likeness (QED) is 0.504. The van der Waals surface area contributed by atoms with Gasteiger partial charge < -0.3 is 16.2 Å². The van der Waals surface area contributed by atoms with E-state index >= 15 is 0 Å². The van der Waals surface area contributed by atoms with Crippen LogP contribution in [-0.2, 0) is 6.61 Å². The summed E-state index contributed by atoms with van der Waals surface area (Å²) in [6.45, 7) is 0.138. The maximum atomic E-state index is 13.1. The van der Waals surface area contributed by atoms with Crippen molar-refractivity contribution >= 4 is 12.2 Å². The van der Waals surface area contributed by atoms with E-state index in [1.807, 2.05) is 0 Å². The van der Waals surface area contributed by atoms with Crippen LogP contribution in [0.5, 0.6) is 5.75 Å². The molecule has 0 unspecified atom stereocenters. The maximum Gasteiger partial charge on any atom is 0.211 e. The van der Waals surface area contributed by atoms with Crippen LogP contribution in [0.15, 0.2) is 52.7 Å². The first-order valence-corrected chi connectivity index (χ1v) is 6.33. The van der Waals surface area contributed by atoms with Gasteiger partial charge in [0.25, 0.3) is 0 Å². The molecule has 0 amide bonds. The van der Waals surface area contributed by atoms with E-state index in [9.17, 15) is 8.78 Å². The summed E-state index contributed by atoms with van der Waals surface area (Å²) < 4.78 is 31.3. The minimum atomic E-state index is -0.896. The number of hydrogen-bond donors (Lipinski definition) is 2. The predicted octanol–water partition coefficient (Wildman–Crippen LogP) is 2.15. The number of nitrogens with two attached hydrogens (primary N) is 2. The molecule has 0 aliphatic carbocycles. The average molecular weight is 304 g/mol. The molecule has 4 N–H and O–H groups in total. The molecule has 0 aliphatic rings. The fourth-order valence-electron chi connectivity index (χ4n) is 1.61. The monoisotopic (exact) mass is 304 g/mol. The van der Waals surface area contributed by atoms with Crippen molar-refractivity contribution in [2.45, 2.75) is 6.61 Å². The lowest BCUT2D eigenvalue weighted by molar-refractivity contribution is 0.305.